The van der Waals surface area contributed by atoms with Crippen molar-refractivity contribution in [2.75, 3.05) is 14.1 Å². The minimum atomic E-state index is -2.70. The number of nitrogens with zero attached hydrogens (tertiary/aromatic N) is 2. The molecule has 0 spiro atoms. The van der Waals surface area contributed by atoms with Crippen LogP contribution in [-0.4, -0.2) is 73.5 Å². The van der Waals surface area contributed by atoms with Gasteiger partial charge in [-0.1, -0.05) is 6.07 Å². The zero-order valence-electron chi connectivity index (χ0n) is 19.9. The molecule has 6 N–H and O–H groups in total. The highest BCUT2D eigenvalue weighted by atomic mass is 19.1. The topological polar surface area (TPSA) is 174 Å². The molecule has 5 rings (SSSR count). The van der Waals surface area contributed by atoms with E-state index in [1.54, 1.807) is 20.2 Å². The standard InChI is InChI=1S/C26H24FN3O7/c1-30(2)20-14-8-11-7-13-12(10-3-6-16(27)29-9-10)4-5-15(31)18(13)21(32)17(11)23(34)26(14,37)24(35)19(22(20)33)25(28)36/h3-6,9,11,14,20,31,33-34,37H,7-8H2,1-2H3,(H2,28,36)/t11-,14-,20+,26-/m0/s1. The first-order chi connectivity index (χ1) is 17.4. The number of amides is 1. The highest BCUT2D eigenvalue weighted by Gasteiger charge is 2.63. The summed E-state index contributed by atoms with van der Waals surface area (Å²) in [5.74, 6) is -7.81. The van der Waals surface area contributed by atoms with Gasteiger partial charge in [0.1, 0.15) is 22.8 Å². The number of aliphatic hydroxyl groups is 3. The molecule has 37 heavy (non-hydrogen) atoms. The number of hydrogen-bond donors (Lipinski definition) is 5. The molecule has 3 aliphatic rings. The average molecular weight is 509 g/mol. The first-order valence-electron chi connectivity index (χ1n) is 11.5. The van der Waals surface area contributed by atoms with Gasteiger partial charge in [-0.25, -0.2) is 4.98 Å². The van der Waals surface area contributed by atoms with Gasteiger partial charge in [0.25, 0.3) is 5.91 Å². The smallest absolute Gasteiger partial charge is 0.255 e. The first kappa shape index (κ1) is 24.6. The number of halogens is 1. The molecule has 1 aromatic carbocycles. The van der Waals surface area contributed by atoms with E-state index in [4.69, 9.17) is 5.73 Å². The number of aliphatic hydroxyl groups excluding tert-OH is 2. The van der Waals surface area contributed by atoms with Crippen molar-refractivity contribution in [3.63, 3.8) is 0 Å². The highest BCUT2D eigenvalue weighted by Crippen LogP contribution is 2.53. The lowest BCUT2D eigenvalue weighted by Crippen LogP contribution is -2.63. The van der Waals surface area contributed by atoms with Crippen molar-refractivity contribution < 1.29 is 39.2 Å². The lowest BCUT2D eigenvalue weighted by atomic mass is 9.58. The number of hydrogen-bond acceptors (Lipinski definition) is 9. The van der Waals surface area contributed by atoms with Crippen molar-refractivity contribution in [1.82, 2.24) is 9.88 Å². The normalized spacial score (nSPS) is 27.2. The van der Waals surface area contributed by atoms with Crippen LogP contribution in [0.25, 0.3) is 11.1 Å². The van der Waals surface area contributed by atoms with Crippen molar-refractivity contribution in [2.45, 2.75) is 24.5 Å². The van der Waals surface area contributed by atoms with E-state index in [0.717, 1.165) is 6.07 Å². The maximum absolute atomic E-state index is 13.7. The second-order valence-corrected chi connectivity index (χ2v) is 9.82. The van der Waals surface area contributed by atoms with E-state index in [2.05, 4.69) is 4.98 Å². The van der Waals surface area contributed by atoms with Crippen molar-refractivity contribution >= 4 is 17.5 Å². The van der Waals surface area contributed by atoms with Crippen LogP contribution in [-0.2, 0) is 16.0 Å². The Labute approximate surface area is 210 Å². The molecule has 10 nitrogen and oxygen atoms in total. The van der Waals surface area contributed by atoms with Crippen LogP contribution in [0.1, 0.15) is 22.3 Å². The molecule has 0 aliphatic heterocycles. The van der Waals surface area contributed by atoms with Gasteiger partial charge in [-0.3, -0.25) is 19.3 Å². The van der Waals surface area contributed by atoms with Crippen molar-refractivity contribution in [1.29, 1.82) is 0 Å². The predicted molar refractivity (Wildman–Crippen MR) is 127 cm³/mol. The number of phenolic OH excluding ortho intramolecular Hbond substituents is 1. The molecule has 1 amide bonds. The van der Waals surface area contributed by atoms with Crippen LogP contribution in [0.5, 0.6) is 5.75 Å². The second kappa shape index (κ2) is 8.22. The monoisotopic (exact) mass is 509 g/mol. The highest BCUT2D eigenvalue weighted by molar-refractivity contribution is 6.24. The van der Waals surface area contributed by atoms with Crippen LogP contribution in [0.2, 0.25) is 0 Å². The average Bonchev–Trinajstić information content (AvgIpc) is 2.82. The Balaban J connectivity index is 1.72. The second-order valence-electron chi connectivity index (χ2n) is 9.82. The minimum absolute atomic E-state index is 0.0253. The molecule has 192 valence electrons. The number of aromatic nitrogens is 1. The van der Waals surface area contributed by atoms with E-state index in [-0.39, 0.29) is 29.7 Å². The number of nitrogens with two attached hydrogens (primary N) is 1. The molecular formula is C26H24FN3O7. The molecule has 0 bridgehead atoms. The molecule has 0 unspecified atom stereocenters. The molecule has 11 heteroatoms. The first-order valence-corrected chi connectivity index (χ1v) is 11.5. The van der Waals surface area contributed by atoms with Gasteiger partial charge in [-0.2, -0.15) is 4.39 Å². The lowest BCUT2D eigenvalue weighted by molar-refractivity contribution is -0.148. The molecule has 0 fully saturated rings. The Kier molecular flexibility index (Phi) is 5.46. The van der Waals surface area contributed by atoms with Crippen molar-refractivity contribution in [3.8, 4) is 16.9 Å². The number of phenols is 1. The Morgan fingerprint density at radius 2 is 1.86 bits per heavy atom. The Morgan fingerprint density at radius 3 is 2.46 bits per heavy atom. The molecule has 3 aliphatic carbocycles. The van der Waals surface area contributed by atoms with Gasteiger partial charge < -0.3 is 26.2 Å². The summed E-state index contributed by atoms with van der Waals surface area (Å²) in [6.45, 7) is 0. The predicted octanol–water partition coefficient (Wildman–Crippen LogP) is 1.32. The molecule has 2 aromatic rings. The molecule has 1 heterocycles. The van der Waals surface area contributed by atoms with Crippen LogP contribution >= 0.6 is 0 Å². The van der Waals surface area contributed by atoms with E-state index < -0.39 is 64.0 Å². The van der Waals surface area contributed by atoms with Gasteiger partial charge in [-0.15, -0.1) is 0 Å². The largest absolute Gasteiger partial charge is 0.510 e. The Morgan fingerprint density at radius 1 is 1.16 bits per heavy atom. The summed E-state index contributed by atoms with van der Waals surface area (Å²) in [5.41, 5.74) is 2.86. The number of rotatable bonds is 3. The van der Waals surface area contributed by atoms with Gasteiger partial charge in [-0.05, 0) is 62.2 Å². The zero-order chi connectivity index (χ0) is 27.0. The number of aromatic hydroxyl groups is 1. The van der Waals surface area contributed by atoms with Crippen LogP contribution in [0.4, 0.5) is 4.39 Å². The fourth-order valence-corrected chi connectivity index (χ4v) is 6.06. The number of fused-ring (bicyclic) bond motifs is 3. The Hall–Kier alpha value is -4.09. The number of carbonyl (C=O) groups is 3. The molecule has 0 saturated carbocycles. The van der Waals surface area contributed by atoms with Crippen molar-refractivity contribution in [2.24, 2.45) is 17.6 Å². The summed E-state index contributed by atoms with van der Waals surface area (Å²) in [4.78, 5) is 44.2. The van der Waals surface area contributed by atoms with Crippen LogP contribution in [0.15, 0.2) is 53.1 Å². The lowest BCUT2D eigenvalue weighted by Gasteiger charge is -2.50. The number of primary amides is 1. The third-order valence-corrected chi connectivity index (χ3v) is 7.64. The third-order valence-electron chi connectivity index (χ3n) is 7.64. The minimum Gasteiger partial charge on any atom is -0.510 e. The van der Waals surface area contributed by atoms with Crippen LogP contribution in [0.3, 0.4) is 0 Å². The summed E-state index contributed by atoms with van der Waals surface area (Å²) >= 11 is 0. The SMILES string of the molecule is CN(C)[C@H]1C(O)=C(C(N)=O)C(=O)[C@@]2(O)C(O)=C3C(=O)c4c(O)ccc(-c5ccc(F)nc5)c4C[C@H]3C[C@@H]12. The number of allylic oxidation sites excluding steroid dienone is 1. The molecular weight excluding hydrogens is 485 g/mol. The van der Waals surface area contributed by atoms with E-state index in [1.807, 2.05) is 0 Å². The summed E-state index contributed by atoms with van der Waals surface area (Å²) in [5, 5.41) is 44.3. The van der Waals surface area contributed by atoms with Crippen molar-refractivity contribution in [3.05, 3.63) is 70.2 Å². The number of benzene rings is 1. The number of Topliss-reactive ketones (excluding diaryl/α,β-unsaturated/α-hetero) is 2. The van der Waals surface area contributed by atoms with E-state index in [1.165, 1.54) is 23.2 Å². The van der Waals surface area contributed by atoms with Gasteiger partial charge in [0, 0.05) is 23.3 Å². The van der Waals surface area contributed by atoms with E-state index in [0.29, 0.717) is 16.7 Å². The van der Waals surface area contributed by atoms with Gasteiger partial charge >= 0.3 is 0 Å². The zero-order valence-corrected chi connectivity index (χ0v) is 19.9. The van der Waals surface area contributed by atoms with E-state index in [9.17, 15) is 39.2 Å². The summed E-state index contributed by atoms with van der Waals surface area (Å²) < 4.78 is 13.4. The van der Waals surface area contributed by atoms with Gasteiger partial charge in [0.2, 0.25) is 11.7 Å². The van der Waals surface area contributed by atoms with Gasteiger partial charge in [0.15, 0.2) is 11.4 Å². The van der Waals surface area contributed by atoms with Crippen LogP contribution in [0, 0.1) is 17.8 Å². The number of pyridine rings is 1. The maximum Gasteiger partial charge on any atom is 0.255 e. The fourth-order valence-electron chi connectivity index (χ4n) is 6.06. The third kappa shape index (κ3) is 3.31. The summed E-state index contributed by atoms with van der Waals surface area (Å²) in [7, 11) is 3.12. The van der Waals surface area contributed by atoms with E-state index >= 15 is 0 Å². The quantitative estimate of drug-likeness (QED) is 0.302. The Bertz CT molecular complexity index is 1450. The number of carbonyl (C=O) groups excluding carboxylic acids is 3. The number of likely N-dealkylation sites (N-methyl/N-ethyl adjacent to an activating group) is 1. The molecule has 0 radical (unpaired) electrons. The summed E-state index contributed by atoms with van der Waals surface area (Å²) in [6.07, 6.45) is 1.39. The molecule has 1 aromatic heterocycles. The molecule has 0 saturated heterocycles. The maximum atomic E-state index is 13.7. The fraction of sp³-hybridized carbons (Fsp3) is 0.308. The van der Waals surface area contributed by atoms with Gasteiger partial charge in [0.05, 0.1) is 11.6 Å². The molecule has 4 atom stereocenters. The van der Waals surface area contributed by atoms with Crippen LogP contribution < -0.4 is 5.73 Å². The summed E-state index contributed by atoms with van der Waals surface area (Å²) in [6, 6.07) is 4.43. The number of ketones is 2.